The van der Waals surface area contributed by atoms with Gasteiger partial charge < -0.3 is 5.32 Å². The third kappa shape index (κ3) is 3.51. The maximum absolute atomic E-state index is 13.3. The van der Waals surface area contributed by atoms with Crippen LogP contribution in [0, 0.1) is 18.6 Å². The molecule has 0 atom stereocenters. The Kier molecular flexibility index (Phi) is 4.25. The molecule has 0 saturated carbocycles. The number of aryl methyl sites for hydroxylation is 1. The molecule has 0 radical (unpaired) electrons. The van der Waals surface area contributed by atoms with Crippen LogP contribution in [0.15, 0.2) is 54.7 Å². The number of anilines is 1. The lowest BCUT2D eigenvalue weighted by Crippen LogP contribution is -1.97. The van der Waals surface area contributed by atoms with Crippen LogP contribution in [0.25, 0.3) is 0 Å². The van der Waals surface area contributed by atoms with Gasteiger partial charge in [0, 0.05) is 23.9 Å². The molecule has 0 saturated heterocycles. The monoisotopic (exact) mass is 273 g/mol. The van der Waals surface area contributed by atoms with Crippen molar-refractivity contribution >= 4 is 11.5 Å². The van der Waals surface area contributed by atoms with E-state index in [9.17, 15) is 13.6 Å². The number of halogens is 2. The highest BCUT2D eigenvalue weighted by Crippen LogP contribution is 2.14. The van der Waals surface area contributed by atoms with Crippen molar-refractivity contribution < 1.29 is 13.6 Å². The molecule has 0 unspecified atom stereocenters. The fourth-order valence-corrected chi connectivity index (χ4v) is 1.63. The van der Waals surface area contributed by atoms with Crippen LogP contribution in [-0.2, 0) is 0 Å². The Morgan fingerprint density at radius 1 is 1.10 bits per heavy atom. The highest BCUT2D eigenvalue weighted by atomic mass is 19.1. The lowest BCUT2D eigenvalue weighted by atomic mass is 10.1. The summed E-state index contributed by atoms with van der Waals surface area (Å²) in [5.74, 6) is -1.55. The molecule has 0 amide bonds. The van der Waals surface area contributed by atoms with E-state index in [4.69, 9.17) is 0 Å². The number of carbonyl (C=O) groups excluding carboxylic acids is 1. The molecular weight excluding hydrogens is 260 g/mol. The molecule has 0 aliphatic rings. The molecule has 0 bridgehead atoms. The first kappa shape index (κ1) is 13.9. The normalized spacial score (nSPS) is 10.8. The van der Waals surface area contributed by atoms with Crippen molar-refractivity contribution in [3.05, 3.63) is 77.5 Å². The molecule has 0 aliphatic heterocycles. The predicted molar refractivity (Wildman–Crippen MR) is 74.6 cm³/mol. The summed E-state index contributed by atoms with van der Waals surface area (Å²) in [7, 11) is 0. The van der Waals surface area contributed by atoms with Crippen molar-refractivity contribution in [3.8, 4) is 0 Å². The molecule has 1 N–H and O–H groups in total. The van der Waals surface area contributed by atoms with Crippen LogP contribution in [0.4, 0.5) is 14.5 Å². The van der Waals surface area contributed by atoms with E-state index in [0.29, 0.717) is 5.56 Å². The SMILES string of the molecule is Cc1ccc(C(=O)C=CNc2ccc(F)cc2F)cc1. The van der Waals surface area contributed by atoms with Gasteiger partial charge in [0.1, 0.15) is 11.6 Å². The van der Waals surface area contributed by atoms with E-state index in [1.165, 1.54) is 18.3 Å². The minimum absolute atomic E-state index is 0.111. The van der Waals surface area contributed by atoms with Gasteiger partial charge in [-0.3, -0.25) is 4.79 Å². The maximum Gasteiger partial charge on any atom is 0.187 e. The fraction of sp³-hybridized carbons (Fsp3) is 0.0625. The highest BCUT2D eigenvalue weighted by Gasteiger charge is 2.03. The number of hydrogen-bond acceptors (Lipinski definition) is 2. The molecule has 20 heavy (non-hydrogen) atoms. The number of ketones is 1. The van der Waals surface area contributed by atoms with Gasteiger partial charge in [0.2, 0.25) is 0 Å². The molecule has 4 heteroatoms. The number of carbonyl (C=O) groups is 1. The van der Waals surface area contributed by atoms with Crippen molar-refractivity contribution in [2.45, 2.75) is 6.92 Å². The van der Waals surface area contributed by atoms with Gasteiger partial charge in [0.05, 0.1) is 5.69 Å². The molecule has 0 spiro atoms. The van der Waals surface area contributed by atoms with E-state index < -0.39 is 11.6 Å². The van der Waals surface area contributed by atoms with Crippen LogP contribution in [-0.4, -0.2) is 5.78 Å². The van der Waals surface area contributed by atoms with E-state index in [1.807, 2.05) is 19.1 Å². The standard InChI is InChI=1S/C16H13F2NO/c1-11-2-4-12(5-3-11)16(20)8-9-19-15-7-6-13(17)10-14(15)18/h2-10,19H,1H3. The molecule has 2 rings (SSSR count). The Morgan fingerprint density at radius 3 is 2.45 bits per heavy atom. The predicted octanol–water partition coefficient (Wildman–Crippen LogP) is 4.08. The largest absolute Gasteiger partial charge is 0.359 e. The Labute approximate surface area is 115 Å². The molecule has 102 valence electrons. The Hall–Kier alpha value is -2.49. The van der Waals surface area contributed by atoms with Crippen molar-refractivity contribution in [2.24, 2.45) is 0 Å². The first-order chi connectivity index (χ1) is 9.56. The third-order valence-electron chi connectivity index (χ3n) is 2.74. The number of benzene rings is 2. The van der Waals surface area contributed by atoms with Crippen molar-refractivity contribution in [3.63, 3.8) is 0 Å². The number of rotatable bonds is 4. The number of hydrogen-bond donors (Lipinski definition) is 1. The van der Waals surface area contributed by atoms with Crippen LogP contribution in [0.3, 0.4) is 0 Å². The summed E-state index contributed by atoms with van der Waals surface area (Å²) in [4.78, 5) is 11.8. The second-order valence-electron chi connectivity index (χ2n) is 4.33. The molecule has 2 aromatic rings. The Balaban J connectivity index is 2.02. The van der Waals surface area contributed by atoms with E-state index >= 15 is 0 Å². The van der Waals surface area contributed by atoms with Gasteiger partial charge >= 0.3 is 0 Å². The molecule has 0 aliphatic carbocycles. The minimum atomic E-state index is -0.711. The summed E-state index contributed by atoms with van der Waals surface area (Å²) in [5, 5.41) is 2.61. The first-order valence-corrected chi connectivity index (χ1v) is 6.05. The zero-order chi connectivity index (χ0) is 14.5. The van der Waals surface area contributed by atoms with Gasteiger partial charge in [-0.15, -0.1) is 0 Å². The number of allylic oxidation sites excluding steroid dienone is 1. The van der Waals surface area contributed by atoms with E-state index in [-0.39, 0.29) is 11.5 Å². The van der Waals surface area contributed by atoms with Crippen LogP contribution < -0.4 is 5.32 Å². The van der Waals surface area contributed by atoms with Crippen molar-refractivity contribution in [2.75, 3.05) is 5.32 Å². The smallest absolute Gasteiger partial charge is 0.187 e. The summed E-state index contributed by atoms with van der Waals surface area (Å²) in [6.45, 7) is 1.93. The lowest BCUT2D eigenvalue weighted by molar-refractivity contribution is 0.104. The van der Waals surface area contributed by atoms with Gasteiger partial charge in [-0.05, 0) is 19.1 Å². The van der Waals surface area contributed by atoms with Gasteiger partial charge in [-0.1, -0.05) is 29.8 Å². The molecule has 2 nitrogen and oxygen atoms in total. The minimum Gasteiger partial charge on any atom is -0.359 e. The van der Waals surface area contributed by atoms with Crippen molar-refractivity contribution in [1.29, 1.82) is 0 Å². The van der Waals surface area contributed by atoms with E-state index in [1.54, 1.807) is 12.1 Å². The summed E-state index contributed by atoms with van der Waals surface area (Å²) >= 11 is 0. The summed E-state index contributed by atoms with van der Waals surface area (Å²) in [6, 6.07) is 10.3. The molecular formula is C16H13F2NO. The summed E-state index contributed by atoms with van der Waals surface area (Å²) < 4.78 is 26.0. The average molecular weight is 273 g/mol. The average Bonchev–Trinajstić information content (AvgIpc) is 2.42. The molecule has 2 aromatic carbocycles. The second kappa shape index (κ2) is 6.10. The lowest BCUT2D eigenvalue weighted by Gasteiger charge is -2.02. The Bertz CT molecular complexity index is 648. The molecule has 0 aromatic heterocycles. The first-order valence-electron chi connectivity index (χ1n) is 6.05. The number of nitrogens with one attached hydrogen (secondary N) is 1. The molecule has 0 heterocycles. The zero-order valence-electron chi connectivity index (χ0n) is 10.9. The van der Waals surface area contributed by atoms with E-state index in [2.05, 4.69) is 5.32 Å². The van der Waals surface area contributed by atoms with Crippen LogP contribution in [0.5, 0.6) is 0 Å². The van der Waals surface area contributed by atoms with Gasteiger partial charge in [-0.25, -0.2) is 8.78 Å². The third-order valence-corrected chi connectivity index (χ3v) is 2.74. The summed E-state index contributed by atoms with van der Waals surface area (Å²) in [6.07, 6.45) is 2.63. The van der Waals surface area contributed by atoms with Crippen LogP contribution >= 0.6 is 0 Å². The van der Waals surface area contributed by atoms with Gasteiger partial charge in [0.25, 0.3) is 0 Å². The second-order valence-corrected chi connectivity index (χ2v) is 4.33. The fourth-order valence-electron chi connectivity index (χ4n) is 1.63. The Morgan fingerprint density at radius 2 is 1.80 bits per heavy atom. The van der Waals surface area contributed by atoms with Gasteiger partial charge in [0.15, 0.2) is 5.78 Å². The van der Waals surface area contributed by atoms with E-state index in [0.717, 1.165) is 17.7 Å². The van der Waals surface area contributed by atoms with Crippen LogP contribution in [0.1, 0.15) is 15.9 Å². The summed E-state index contributed by atoms with van der Waals surface area (Å²) in [5.41, 5.74) is 1.73. The zero-order valence-corrected chi connectivity index (χ0v) is 10.9. The highest BCUT2D eigenvalue weighted by molar-refractivity contribution is 6.04. The quantitative estimate of drug-likeness (QED) is 0.671. The maximum atomic E-state index is 13.3. The van der Waals surface area contributed by atoms with Gasteiger partial charge in [-0.2, -0.15) is 0 Å². The molecule has 0 fully saturated rings. The topological polar surface area (TPSA) is 29.1 Å². The van der Waals surface area contributed by atoms with Crippen LogP contribution in [0.2, 0.25) is 0 Å². The van der Waals surface area contributed by atoms with Crippen molar-refractivity contribution in [1.82, 2.24) is 0 Å².